The van der Waals surface area contributed by atoms with E-state index in [9.17, 15) is 0 Å². The Morgan fingerprint density at radius 1 is 1.34 bits per heavy atom. The molecule has 2 N–H and O–H groups in total. The molecule has 29 heavy (non-hydrogen) atoms. The highest BCUT2D eigenvalue weighted by Crippen LogP contribution is 2.35. The molecule has 2 aromatic rings. The van der Waals surface area contributed by atoms with Gasteiger partial charge >= 0.3 is 0 Å². The molecule has 2 heterocycles. The van der Waals surface area contributed by atoms with Crippen LogP contribution in [0.25, 0.3) is 0 Å². The Kier molecular flexibility index (Phi) is 9.06. The predicted molar refractivity (Wildman–Crippen MR) is 127 cm³/mol. The number of aromatic nitrogens is 2. The quantitative estimate of drug-likeness (QED) is 0.323. The molecule has 0 amide bonds. The van der Waals surface area contributed by atoms with Gasteiger partial charge in [-0.2, -0.15) is 5.10 Å². The number of ether oxygens (including phenoxy) is 2. The van der Waals surface area contributed by atoms with Crippen LogP contribution in [0.4, 0.5) is 0 Å². The maximum absolute atomic E-state index is 5.91. The standard InChI is InChI=1S/C21H31N5O2.HI/c1-5-22-21(23-8-7-16-12-25-26(4)14-16)24-13-18-11-20-17(9-15(3)28-20)10-19(18)27-6-2;/h10-12,14-15H,5-9,13H2,1-4H3,(H2,22,23,24);1H. The zero-order valence-corrected chi connectivity index (χ0v) is 20.0. The van der Waals surface area contributed by atoms with Crippen molar-refractivity contribution in [2.75, 3.05) is 19.7 Å². The molecule has 8 heteroatoms. The lowest BCUT2D eigenvalue weighted by Gasteiger charge is -2.13. The molecule has 0 saturated carbocycles. The van der Waals surface area contributed by atoms with E-state index in [2.05, 4.69) is 41.7 Å². The Bertz CT molecular complexity index is 821. The summed E-state index contributed by atoms with van der Waals surface area (Å²) in [6.45, 7) is 8.92. The molecular weight excluding hydrogens is 481 g/mol. The summed E-state index contributed by atoms with van der Waals surface area (Å²) in [7, 11) is 1.93. The summed E-state index contributed by atoms with van der Waals surface area (Å²) in [5, 5.41) is 10.9. The summed E-state index contributed by atoms with van der Waals surface area (Å²) < 4.78 is 13.6. The Labute approximate surface area is 190 Å². The van der Waals surface area contributed by atoms with Crippen LogP contribution < -0.4 is 20.1 Å². The minimum atomic E-state index is 0. The molecule has 160 valence electrons. The summed E-state index contributed by atoms with van der Waals surface area (Å²) in [4.78, 5) is 4.75. The van der Waals surface area contributed by atoms with E-state index in [1.807, 2.05) is 31.0 Å². The normalized spacial score (nSPS) is 15.3. The van der Waals surface area contributed by atoms with Gasteiger partial charge in [-0.1, -0.05) is 0 Å². The number of fused-ring (bicyclic) bond motifs is 1. The van der Waals surface area contributed by atoms with Gasteiger partial charge in [-0.3, -0.25) is 4.68 Å². The fourth-order valence-corrected chi connectivity index (χ4v) is 3.33. The number of aliphatic imine (C=N–C) groups is 1. The van der Waals surface area contributed by atoms with E-state index in [0.29, 0.717) is 13.2 Å². The van der Waals surface area contributed by atoms with Gasteiger partial charge in [0.15, 0.2) is 5.96 Å². The van der Waals surface area contributed by atoms with Gasteiger partial charge < -0.3 is 20.1 Å². The maximum atomic E-state index is 5.91. The monoisotopic (exact) mass is 513 g/mol. The first-order valence-corrected chi connectivity index (χ1v) is 10.0. The van der Waals surface area contributed by atoms with E-state index in [-0.39, 0.29) is 30.1 Å². The van der Waals surface area contributed by atoms with Crippen LogP contribution in [-0.4, -0.2) is 41.5 Å². The average molecular weight is 513 g/mol. The molecule has 0 bridgehead atoms. The van der Waals surface area contributed by atoms with E-state index < -0.39 is 0 Å². The Hall–Kier alpha value is -1.97. The third-order valence-electron chi connectivity index (χ3n) is 4.60. The van der Waals surface area contributed by atoms with E-state index in [1.165, 1.54) is 11.1 Å². The second kappa shape index (κ2) is 11.3. The minimum Gasteiger partial charge on any atom is -0.494 e. The number of hydrogen-bond acceptors (Lipinski definition) is 4. The number of benzene rings is 1. The van der Waals surface area contributed by atoms with Gasteiger partial charge in [0.25, 0.3) is 0 Å². The maximum Gasteiger partial charge on any atom is 0.191 e. The molecule has 1 aromatic heterocycles. The summed E-state index contributed by atoms with van der Waals surface area (Å²) in [5.41, 5.74) is 3.46. The fourth-order valence-electron chi connectivity index (χ4n) is 3.33. The van der Waals surface area contributed by atoms with Gasteiger partial charge in [0.05, 0.1) is 19.3 Å². The second-order valence-corrected chi connectivity index (χ2v) is 7.03. The van der Waals surface area contributed by atoms with Crippen molar-refractivity contribution >= 4 is 29.9 Å². The molecular formula is C21H32IN5O2. The Morgan fingerprint density at radius 2 is 2.17 bits per heavy atom. The Morgan fingerprint density at radius 3 is 2.86 bits per heavy atom. The summed E-state index contributed by atoms with van der Waals surface area (Å²) in [6.07, 6.45) is 5.97. The average Bonchev–Trinajstić information content (AvgIpc) is 3.23. The van der Waals surface area contributed by atoms with Crippen LogP contribution in [0.5, 0.6) is 11.5 Å². The van der Waals surface area contributed by atoms with Crippen molar-refractivity contribution in [2.24, 2.45) is 12.0 Å². The van der Waals surface area contributed by atoms with Gasteiger partial charge in [0, 0.05) is 43.9 Å². The topological polar surface area (TPSA) is 72.7 Å². The molecule has 1 aromatic carbocycles. The number of aryl methyl sites for hydroxylation is 1. The molecule has 3 rings (SSSR count). The lowest BCUT2D eigenvalue weighted by atomic mass is 10.1. The first kappa shape index (κ1) is 23.3. The molecule has 1 atom stereocenters. The molecule has 0 spiro atoms. The fraction of sp³-hybridized carbons (Fsp3) is 0.524. The van der Waals surface area contributed by atoms with Gasteiger partial charge in [0.1, 0.15) is 17.6 Å². The SMILES string of the molecule is CCNC(=NCc1cc2c(cc1OCC)CC(C)O2)NCCc1cnn(C)c1.I. The summed E-state index contributed by atoms with van der Waals surface area (Å²) in [5.74, 6) is 2.65. The number of halogens is 1. The zero-order valence-electron chi connectivity index (χ0n) is 17.7. The van der Waals surface area contributed by atoms with Crippen LogP contribution in [0.3, 0.4) is 0 Å². The molecule has 0 saturated heterocycles. The second-order valence-electron chi connectivity index (χ2n) is 7.03. The summed E-state index contributed by atoms with van der Waals surface area (Å²) >= 11 is 0. The van der Waals surface area contributed by atoms with Crippen molar-refractivity contribution in [3.63, 3.8) is 0 Å². The van der Waals surface area contributed by atoms with E-state index in [0.717, 1.165) is 49.0 Å². The molecule has 0 fully saturated rings. The highest BCUT2D eigenvalue weighted by molar-refractivity contribution is 14.0. The molecule has 1 aliphatic rings. The molecule has 1 aliphatic heterocycles. The lowest BCUT2D eigenvalue weighted by Crippen LogP contribution is -2.38. The van der Waals surface area contributed by atoms with Crippen molar-refractivity contribution in [2.45, 2.75) is 46.3 Å². The molecule has 7 nitrogen and oxygen atoms in total. The number of nitrogens with one attached hydrogen (secondary N) is 2. The Balaban J connectivity index is 0.00000300. The van der Waals surface area contributed by atoms with Crippen LogP contribution in [0, 0.1) is 0 Å². The van der Waals surface area contributed by atoms with Crippen LogP contribution in [0.2, 0.25) is 0 Å². The number of rotatable bonds is 8. The molecule has 1 unspecified atom stereocenters. The van der Waals surface area contributed by atoms with Crippen molar-refractivity contribution in [1.29, 1.82) is 0 Å². The van der Waals surface area contributed by atoms with Gasteiger partial charge in [-0.25, -0.2) is 4.99 Å². The van der Waals surface area contributed by atoms with Crippen molar-refractivity contribution < 1.29 is 9.47 Å². The van der Waals surface area contributed by atoms with Crippen LogP contribution in [-0.2, 0) is 26.4 Å². The largest absolute Gasteiger partial charge is 0.494 e. The van der Waals surface area contributed by atoms with Crippen molar-refractivity contribution in [3.05, 3.63) is 41.2 Å². The highest BCUT2D eigenvalue weighted by Gasteiger charge is 2.21. The minimum absolute atomic E-state index is 0. The van der Waals surface area contributed by atoms with E-state index in [4.69, 9.17) is 14.5 Å². The highest BCUT2D eigenvalue weighted by atomic mass is 127. The smallest absolute Gasteiger partial charge is 0.191 e. The zero-order chi connectivity index (χ0) is 19.9. The first-order valence-electron chi connectivity index (χ1n) is 10.0. The molecule has 0 radical (unpaired) electrons. The van der Waals surface area contributed by atoms with Gasteiger partial charge in [-0.05, 0) is 44.9 Å². The van der Waals surface area contributed by atoms with Gasteiger partial charge in [-0.15, -0.1) is 24.0 Å². The van der Waals surface area contributed by atoms with Gasteiger partial charge in [0.2, 0.25) is 0 Å². The number of guanidine groups is 1. The third-order valence-corrected chi connectivity index (χ3v) is 4.60. The molecule has 0 aliphatic carbocycles. The van der Waals surface area contributed by atoms with Crippen molar-refractivity contribution in [3.8, 4) is 11.5 Å². The lowest BCUT2D eigenvalue weighted by molar-refractivity contribution is 0.254. The number of nitrogens with zero attached hydrogens (tertiary/aromatic N) is 3. The van der Waals surface area contributed by atoms with Crippen LogP contribution in [0.1, 0.15) is 37.5 Å². The number of hydrogen-bond donors (Lipinski definition) is 2. The predicted octanol–water partition coefficient (Wildman–Crippen LogP) is 3.06. The van der Waals surface area contributed by atoms with Crippen LogP contribution in [0.15, 0.2) is 29.5 Å². The first-order chi connectivity index (χ1) is 13.6. The third kappa shape index (κ3) is 6.52. The summed E-state index contributed by atoms with van der Waals surface area (Å²) in [6, 6.07) is 4.18. The van der Waals surface area contributed by atoms with Crippen molar-refractivity contribution in [1.82, 2.24) is 20.4 Å². The van der Waals surface area contributed by atoms with E-state index >= 15 is 0 Å². The van der Waals surface area contributed by atoms with Crippen LogP contribution >= 0.6 is 24.0 Å². The van der Waals surface area contributed by atoms with E-state index in [1.54, 1.807) is 0 Å².